The van der Waals surface area contributed by atoms with Crippen LogP contribution in [-0.2, 0) is 0 Å². The normalized spacial score (nSPS) is 10.2. The summed E-state index contributed by atoms with van der Waals surface area (Å²) < 4.78 is 5.35. The van der Waals surface area contributed by atoms with Crippen molar-refractivity contribution in [2.75, 3.05) is 0 Å². The summed E-state index contributed by atoms with van der Waals surface area (Å²) in [7, 11) is 0. The Kier molecular flexibility index (Phi) is 4.52. The van der Waals surface area contributed by atoms with Gasteiger partial charge in [-0.05, 0) is 43.3 Å². The lowest BCUT2D eigenvalue weighted by Gasteiger charge is -2.06. The van der Waals surface area contributed by atoms with E-state index in [1.165, 1.54) is 0 Å². The molecule has 0 spiro atoms. The highest BCUT2D eigenvalue weighted by Gasteiger charge is 2.11. The summed E-state index contributed by atoms with van der Waals surface area (Å²) in [4.78, 5) is 24.4. The van der Waals surface area contributed by atoms with E-state index >= 15 is 0 Å². The van der Waals surface area contributed by atoms with E-state index in [1.54, 1.807) is 48.5 Å². The lowest BCUT2D eigenvalue weighted by molar-refractivity contribution is 0.0734. The molecule has 118 valence electrons. The molecular formula is C21H16O3. The van der Waals surface area contributed by atoms with Crippen LogP contribution in [0.4, 0.5) is 0 Å². The van der Waals surface area contributed by atoms with Gasteiger partial charge in [0.1, 0.15) is 5.75 Å². The molecule has 3 aromatic rings. The number of ether oxygens (including phenoxy) is 1. The number of benzene rings is 3. The van der Waals surface area contributed by atoms with Crippen LogP contribution in [0.25, 0.3) is 0 Å². The van der Waals surface area contributed by atoms with E-state index in [2.05, 4.69) is 0 Å². The zero-order valence-electron chi connectivity index (χ0n) is 13.2. The van der Waals surface area contributed by atoms with Crippen LogP contribution < -0.4 is 4.74 Å². The molecule has 3 heteroatoms. The molecule has 3 aromatic carbocycles. The maximum Gasteiger partial charge on any atom is 0.343 e. The zero-order chi connectivity index (χ0) is 16.9. The molecule has 0 saturated heterocycles. The quantitative estimate of drug-likeness (QED) is 0.406. The SMILES string of the molecule is Cc1cccc(C(=O)Oc2ccc(C(=O)c3ccccc3)cc2)c1. The fourth-order valence-corrected chi connectivity index (χ4v) is 2.37. The fraction of sp³-hybridized carbons (Fsp3) is 0.0476. The highest BCUT2D eigenvalue weighted by Crippen LogP contribution is 2.17. The van der Waals surface area contributed by atoms with Gasteiger partial charge in [0.05, 0.1) is 5.56 Å². The van der Waals surface area contributed by atoms with Crippen LogP contribution in [0.5, 0.6) is 5.75 Å². The van der Waals surface area contributed by atoms with Crippen molar-refractivity contribution < 1.29 is 14.3 Å². The van der Waals surface area contributed by atoms with E-state index < -0.39 is 5.97 Å². The Morgan fingerprint density at radius 1 is 0.708 bits per heavy atom. The van der Waals surface area contributed by atoms with Gasteiger partial charge in [-0.2, -0.15) is 0 Å². The number of hydrogen-bond donors (Lipinski definition) is 0. The third-order valence-electron chi connectivity index (χ3n) is 3.62. The number of hydrogen-bond acceptors (Lipinski definition) is 3. The van der Waals surface area contributed by atoms with Crippen molar-refractivity contribution in [2.45, 2.75) is 6.92 Å². The van der Waals surface area contributed by atoms with Crippen molar-refractivity contribution in [2.24, 2.45) is 0 Å². The molecule has 0 aliphatic heterocycles. The summed E-state index contributed by atoms with van der Waals surface area (Å²) in [6.45, 7) is 1.92. The molecule has 0 aliphatic carbocycles. The molecule has 0 aromatic heterocycles. The van der Waals surface area contributed by atoms with Crippen LogP contribution in [0.15, 0.2) is 78.9 Å². The largest absolute Gasteiger partial charge is 0.423 e. The number of ketones is 1. The minimum atomic E-state index is -0.416. The molecule has 0 fully saturated rings. The lowest BCUT2D eigenvalue weighted by atomic mass is 10.0. The van der Waals surface area contributed by atoms with Crippen LogP contribution in [0, 0.1) is 6.92 Å². The number of rotatable bonds is 4. The first-order chi connectivity index (χ1) is 11.6. The topological polar surface area (TPSA) is 43.4 Å². The van der Waals surface area contributed by atoms with Gasteiger partial charge in [-0.25, -0.2) is 4.79 Å². The Bertz CT molecular complexity index is 865. The van der Waals surface area contributed by atoms with E-state index in [1.807, 2.05) is 37.3 Å². The fourth-order valence-electron chi connectivity index (χ4n) is 2.37. The number of carbonyl (C=O) groups excluding carboxylic acids is 2. The molecule has 3 rings (SSSR count). The first-order valence-electron chi connectivity index (χ1n) is 7.62. The summed E-state index contributed by atoms with van der Waals surface area (Å²) in [5, 5.41) is 0. The molecule has 0 amide bonds. The zero-order valence-corrected chi connectivity index (χ0v) is 13.2. The molecular weight excluding hydrogens is 300 g/mol. The highest BCUT2D eigenvalue weighted by atomic mass is 16.5. The van der Waals surface area contributed by atoms with Crippen LogP contribution in [0.3, 0.4) is 0 Å². The Labute approximate surface area is 140 Å². The first kappa shape index (κ1) is 15.7. The Balaban J connectivity index is 1.73. The van der Waals surface area contributed by atoms with Gasteiger partial charge < -0.3 is 4.74 Å². The molecule has 0 N–H and O–H groups in total. The first-order valence-corrected chi connectivity index (χ1v) is 7.62. The van der Waals surface area contributed by atoms with E-state index in [-0.39, 0.29) is 5.78 Å². The van der Waals surface area contributed by atoms with Crippen molar-refractivity contribution in [3.63, 3.8) is 0 Å². The van der Waals surface area contributed by atoms with Crippen LogP contribution in [-0.4, -0.2) is 11.8 Å². The van der Waals surface area contributed by atoms with Crippen molar-refractivity contribution in [3.05, 3.63) is 101 Å². The van der Waals surface area contributed by atoms with Crippen molar-refractivity contribution in [1.82, 2.24) is 0 Å². The average molecular weight is 316 g/mol. The van der Waals surface area contributed by atoms with E-state index in [9.17, 15) is 9.59 Å². The minimum absolute atomic E-state index is 0.0628. The monoisotopic (exact) mass is 316 g/mol. The standard InChI is InChI=1S/C21H16O3/c1-15-6-5-9-18(14-15)21(23)24-19-12-10-17(11-13-19)20(22)16-7-3-2-4-8-16/h2-14H,1H3. The molecule has 0 atom stereocenters. The second-order valence-corrected chi connectivity index (χ2v) is 5.48. The molecule has 0 heterocycles. The Morgan fingerprint density at radius 2 is 1.33 bits per heavy atom. The van der Waals surface area contributed by atoms with E-state index in [0.717, 1.165) is 5.56 Å². The van der Waals surface area contributed by atoms with Gasteiger partial charge in [-0.15, -0.1) is 0 Å². The maximum atomic E-state index is 12.3. The highest BCUT2D eigenvalue weighted by molar-refractivity contribution is 6.09. The molecule has 0 saturated carbocycles. The summed E-state index contributed by atoms with van der Waals surface area (Å²) in [6, 6.07) is 22.9. The predicted octanol–water partition coefficient (Wildman–Crippen LogP) is 4.45. The summed E-state index contributed by atoms with van der Waals surface area (Å²) in [5.41, 5.74) is 2.67. The van der Waals surface area contributed by atoms with Gasteiger partial charge in [0.15, 0.2) is 5.78 Å². The summed E-state index contributed by atoms with van der Waals surface area (Å²) in [6.07, 6.45) is 0. The van der Waals surface area contributed by atoms with Crippen LogP contribution in [0.1, 0.15) is 31.8 Å². The molecule has 3 nitrogen and oxygen atoms in total. The maximum absolute atomic E-state index is 12.3. The lowest BCUT2D eigenvalue weighted by Crippen LogP contribution is -2.09. The summed E-state index contributed by atoms with van der Waals surface area (Å²) in [5.74, 6) is -0.0703. The van der Waals surface area contributed by atoms with Gasteiger partial charge >= 0.3 is 5.97 Å². The number of aryl methyl sites for hydroxylation is 1. The molecule has 0 bridgehead atoms. The van der Waals surface area contributed by atoms with E-state index in [0.29, 0.717) is 22.4 Å². The van der Waals surface area contributed by atoms with Gasteiger partial charge in [-0.3, -0.25) is 4.79 Å². The van der Waals surface area contributed by atoms with Crippen molar-refractivity contribution in [3.8, 4) is 5.75 Å². The smallest absolute Gasteiger partial charge is 0.343 e. The van der Waals surface area contributed by atoms with E-state index in [4.69, 9.17) is 4.74 Å². The second kappa shape index (κ2) is 6.92. The molecule has 0 unspecified atom stereocenters. The molecule has 24 heavy (non-hydrogen) atoms. The summed E-state index contributed by atoms with van der Waals surface area (Å²) >= 11 is 0. The van der Waals surface area contributed by atoms with Crippen molar-refractivity contribution in [1.29, 1.82) is 0 Å². The molecule has 0 aliphatic rings. The van der Waals surface area contributed by atoms with Crippen molar-refractivity contribution >= 4 is 11.8 Å². The third kappa shape index (κ3) is 3.58. The number of esters is 1. The Hall–Kier alpha value is -3.20. The van der Waals surface area contributed by atoms with Crippen LogP contribution >= 0.6 is 0 Å². The average Bonchev–Trinajstić information content (AvgIpc) is 2.62. The van der Waals surface area contributed by atoms with Gasteiger partial charge in [0.2, 0.25) is 0 Å². The van der Waals surface area contributed by atoms with Crippen LogP contribution in [0.2, 0.25) is 0 Å². The predicted molar refractivity (Wildman–Crippen MR) is 92.5 cm³/mol. The minimum Gasteiger partial charge on any atom is -0.423 e. The van der Waals surface area contributed by atoms with Gasteiger partial charge in [0, 0.05) is 11.1 Å². The second-order valence-electron chi connectivity index (χ2n) is 5.48. The number of carbonyl (C=O) groups is 2. The molecule has 0 radical (unpaired) electrons. The van der Waals surface area contributed by atoms with Gasteiger partial charge in [-0.1, -0.05) is 48.0 Å². The Morgan fingerprint density at radius 3 is 2.00 bits per heavy atom. The van der Waals surface area contributed by atoms with Gasteiger partial charge in [0.25, 0.3) is 0 Å². The third-order valence-corrected chi connectivity index (χ3v) is 3.62.